The zero-order valence-corrected chi connectivity index (χ0v) is 12.0. The molecule has 2 rings (SSSR count). The van der Waals surface area contributed by atoms with E-state index in [9.17, 15) is 9.90 Å². The standard InChI is InChI=1S/C13H13BrN2O4/c14-8-3-1-4-9(7-8)16-12(18)10(5-2-6-17)11(15-16)13(19)20/h1,3-4,7,17-18H,2,5-6H2,(H,19,20). The maximum atomic E-state index is 11.2. The van der Waals surface area contributed by atoms with Gasteiger partial charge >= 0.3 is 5.97 Å². The van der Waals surface area contributed by atoms with Crippen LogP contribution in [0.5, 0.6) is 5.88 Å². The molecule has 3 N–H and O–H groups in total. The van der Waals surface area contributed by atoms with Gasteiger partial charge in [0.25, 0.3) is 0 Å². The number of benzene rings is 1. The molecule has 0 amide bonds. The molecule has 1 heterocycles. The number of carboxylic acid groups (broad SMARTS) is 1. The summed E-state index contributed by atoms with van der Waals surface area (Å²) >= 11 is 3.31. The van der Waals surface area contributed by atoms with Crippen LogP contribution in [0.1, 0.15) is 22.5 Å². The van der Waals surface area contributed by atoms with Gasteiger partial charge in [0.1, 0.15) is 0 Å². The molecule has 0 spiro atoms. The molecule has 0 bridgehead atoms. The van der Waals surface area contributed by atoms with E-state index in [0.717, 1.165) is 4.47 Å². The number of aliphatic hydroxyl groups is 1. The van der Waals surface area contributed by atoms with Crippen LogP contribution in [0, 0.1) is 0 Å². The van der Waals surface area contributed by atoms with Crippen LogP contribution in [0.2, 0.25) is 0 Å². The van der Waals surface area contributed by atoms with Gasteiger partial charge in [-0.25, -0.2) is 9.48 Å². The Kier molecular flexibility index (Phi) is 4.41. The van der Waals surface area contributed by atoms with Gasteiger partial charge in [-0.1, -0.05) is 22.0 Å². The first-order valence-corrected chi connectivity index (χ1v) is 6.75. The Hall–Kier alpha value is -1.86. The Morgan fingerprint density at radius 1 is 1.40 bits per heavy atom. The molecule has 20 heavy (non-hydrogen) atoms. The van der Waals surface area contributed by atoms with E-state index in [4.69, 9.17) is 10.2 Å². The number of hydrogen-bond acceptors (Lipinski definition) is 4. The van der Waals surface area contributed by atoms with Gasteiger partial charge in [0.05, 0.1) is 5.69 Å². The molecule has 0 aliphatic carbocycles. The van der Waals surface area contributed by atoms with Crippen LogP contribution in [0.4, 0.5) is 0 Å². The number of aliphatic hydroxyl groups excluding tert-OH is 1. The lowest BCUT2D eigenvalue weighted by molar-refractivity contribution is 0.0688. The van der Waals surface area contributed by atoms with Crippen LogP contribution in [-0.4, -0.2) is 37.7 Å². The molecule has 0 aliphatic heterocycles. The van der Waals surface area contributed by atoms with E-state index in [1.807, 2.05) is 6.07 Å². The van der Waals surface area contributed by atoms with Crippen LogP contribution >= 0.6 is 15.9 Å². The highest BCUT2D eigenvalue weighted by Gasteiger charge is 2.22. The molecule has 6 nitrogen and oxygen atoms in total. The summed E-state index contributed by atoms with van der Waals surface area (Å²) in [6.07, 6.45) is 0.607. The molecule has 0 radical (unpaired) electrons. The monoisotopic (exact) mass is 340 g/mol. The van der Waals surface area contributed by atoms with Gasteiger partial charge in [-0.3, -0.25) is 0 Å². The van der Waals surface area contributed by atoms with Gasteiger partial charge in [0, 0.05) is 16.6 Å². The Bertz CT molecular complexity index is 639. The third kappa shape index (κ3) is 2.83. The summed E-state index contributed by atoms with van der Waals surface area (Å²) < 4.78 is 1.97. The van der Waals surface area contributed by atoms with Gasteiger partial charge in [-0.05, 0) is 31.0 Å². The zero-order chi connectivity index (χ0) is 14.7. The highest BCUT2D eigenvalue weighted by molar-refractivity contribution is 9.10. The van der Waals surface area contributed by atoms with Gasteiger partial charge < -0.3 is 15.3 Å². The fourth-order valence-corrected chi connectivity index (χ4v) is 2.27. The van der Waals surface area contributed by atoms with Crippen molar-refractivity contribution in [2.45, 2.75) is 12.8 Å². The summed E-state index contributed by atoms with van der Waals surface area (Å²) in [5.41, 5.74) is 0.581. The molecule has 7 heteroatoms. The number of halogens is 1. The van der Waals surface area contributed by atoms with E-state index < -0.39 is 5.97 Å². The largest absolute Gasteiger partial charge is 0.493 e. The van der Waals surface area contributed by atoms with E-state index in [2.05, 4.69) is 21.0 Å². The first-order chi connectivity index (χ1) is 9.54. The van der Waals surface area contributed by atoms with E-state index in [-0.39, 0.29) is 30.2 Å². The first-order valence-electron chi connectivity index (χ1n) is 5.95. The number of carbonyl (C=O) groups is 1. The van der Waals surface area contributed by atoms with Gasteiger partial charge in [0.15, 0.2) is 5.69 Å². The molecule has 0 saturated carbocycles. The topological polar surface area (TPSA) is 95.6 Å². The van der Waals surface area contributed by atoms with Crippen LogP contribution in [-0.2, 0) is 6.42 Å². The average molecular weight is 341 g/mol. The molecule has 0 saturated heterocycles. The molecular weight excluding hydrogens is 328 g/mol. The fourth-order valence-electron chi connectivity index (χ4n) is 1.89. The molecule has 0 atom stereocenters. The molecule has 106 valence electrons. The molecular formula is C13H13BrN2O4. The summed E-state index contributed by atoms with van der Waals surface area (Å²) in [5.74, 6) is -1.42. The smallest absolute Gasteiger partial charge is 0.356 e. The maximum Gasteiger partial charge on any atom is 0.356 e. The molecule has 2 aromatic rings. The van der Waals surface area contributed by atoms with Crippen LogP contribution in [0.3, 0.4) is 0 Å². The number of carboxylic acids is 1. The number of nitrogens with zero attached hydrogens (tertiary/aromatic N) is 2. The van der Waals surface area contributed by atoms with Gasteiger partial charge in [-0.2, -0.15) is 5.10 Å². The number of aromatic nitrogens is 2. The molecule has 0 aliphatic rings. The van der Waals surface area contributed by atoms with Gasteiger partial charge in [-0.15, -0.1) is 0 Å². The highest BCUT2D eigenvalue weighted by atomic mass is 79.9. The van der Waals surface area contributed by atoms with Crippen molar-refractivity contribution in [2.75, 3.05) is 6.61 Å². The van der Waals surface area contributed by atoms with Crippen molar-refractivity contribution < 1.29 is 20.1 Å². The lowest BCUT2D eigenvalue weighted by Crippen LogP contribution is -2.03. The summed E-state index contributed by atoms with van der Waals surface area (Å²) in [7, 11) is 0. The van der Waals surface area contributed by atoms with E-state index in [1.54, 1.807) is 18.2 Å². The predicted octanol–water partition coefficient (Wildman–Crippen LogP) is 1.96. The Labute approximate surface area is 123 Å². The van der Waals surface area contributed by atoms with Crippen LogP contribution in [0.15, 0.2) is 28.7 Å². The number of rotatable bonds is 5. The molecule has 1 aromatic carbocycles. The second kappa shape index (κ2) is 6.06. The number of aromatic hydroxyl groups is 1. The van der Waals surface area contributed by atoms with E-state index in [0.29, 0.717) is 12.1 Å². The van der Waals surface area contributed by atoms with Crippen molar-refractivity contribution in [3.05, 3.63) is 40.0 Å². The average Bonchev–Trinajstić information content (AvgIpc) is 2.74. The first kappa shape index (κ1) is 14.5. The quantitative estimate of drug-likeness (QED) is 0.773. The van der Waals surface area contributed by atoms with E-state index in [1.165, 1.54) is 4.68 Å². The molecule has 0 fully saturated rings. The van der Waals surface area contributed by atoms with Crippen molar-refractivity contribution in [3.8, 4) is 11.6 Å². The Morgan fingerprint density at radius 3 is 2.75 bits per heavy atom. The lowest BCUT2D eigenvalue weighted by atomic mass is 10.1. The number of aromatic carboxylic acids is 1. The second-order valence-corrected chi connectivity index (χ2v) is 5.09. The van der Waals surface area contributed by atoms with Crippen molar-refractivity contribution in [1.82, 2.24) is 9.78 Å². The van der Waals surface area contributed by atoms with Gasteiger partial charge in [0.2, 0.25) is 5.88 Å². The molecule has 1 aromatic heterocycles. The Balaban J connectivity index is 2.52. The minimum atomic E-state index is -1.21. The van der Waals surface area contributed by atoms with Crippen molar-refractivity contribution >= 4 is 21.9 Å². The summed E-state index contributed by atoms with van der Waals surface area (Å²) in [6.45, 7) is -0.0828. The number of hydrogen-bond donors (Lipinski definition) is 3. The van der Waals surface area contributed by atoms with Crippen LogP contribution < -0.4 is 0 Å². The fraction of sp³-hybridized carbons (Fsp3) is 0.231. The van der Waals surface area contributed by atoms with Crippen LogP contribution in [0.25, 0.3) is 5.69 Å². The van der Waals surface area contributed by atoms with Crippen molar-refractivity contribution in [3.63, 3.8) is 0 Å². The van der Waals surface area contributed by atoms with Crippen molar-refractivity contribution in [1.29, 1.82) is 0 Å². The summed E-state index contributed by atoms with van der Waals surface area (Å²) in [4.78, 5) is 11.2. The van der Waals surface area contributed by atoms with Crippen molar-refractivity contribution in [2.24, 2.45) is 0 Å². The summed E-state index contributed by atoms with van der Waals surface area (Å²) in [6, 6.07) is 7.00. The highest BCUT2D eigenvalue weighted by Crippen LogP contribution is 2.27. The maximum absolute atomic E-state index is 11.2. The second-order valence-electron chi connectivity index (χ2n) is 4.17. The molecule has 0 unspecified atom stereocenters. The normalized spacial score (nSPS) is 10.7. The van der Waals surface area contributed by atoms with E-state index >= 15 is 0 Å². The zero-order valence-electron chi connectivity index (χ0n) is 10.5. The third-order valence-electron chi connectivity index (χ3n) is 2.80. The minimum Gasteiger partial charge on any atom is -0.493 e. The third-order valence-corrected chi connectivity index (χ3v) is 3.29. The minimum absolute atomic E-state index is 0.0828. The Morgan fingerprint density at radius 2 is 2.15 bits per heavy atom. The SMILES string of the molecule is O=C(O)c1nn(-c2cccc(Br)c2)c(O)c1CCCO. The lowest BCUT2D eigenvalue weighted by Gasteiger charge is -2.04. The summed E-state index contributed by atoms with van der Waals surface area (Å²) in [5, 5.41) is 32.1. The predicted molar refractivity (Wildman–Crippen MR) is 75.3 cm³/mol.